The van der Waals surface area contributed by atoms with Gasteiger partial charge in [-0.25, -0.2) is 0 Å². The van der Waals surface area contributed by atoms with Crippen molar-refractivity contribution in [2.75, 3.05) is 13.1 Å². The lowest BCUT2D eigenvalue weighted by Crippen LogP contribution is -2.44. The van der Waals surface area contributed by atoms with Gasteiger partial charge >= 0.3 is 6.18 Å². The molecule has 0 saturated heterocycles. The van der Waals surface area contributed by atoms with Gasteiger partial charge in [0.1, 0.15) is 0 Å². The summed E-state index contributed by atoms with van der Waals surface area (Å²) >= 11 is 0. The van der Waals surface area contributed by atoms with E-state index in [0.29, 0.717) is 18.8 Å². The van der Waals surface area contributed by atoms with Gasteiger partial charge in [0, 0.05) is 6.54 Å². The Kier molecular flexibility index (Phi) is 5.01. The monoisotopic (exact) mass is 307 g/mol. The van der Waals surface area contributed by atoms with E-state index < -0.39 is 17.7 Å². The quantitative estimate of drug-likeness (QED) is 0.551. The van der Waals surface area contributed by atoms with Crippen molar-refractivity contribution >= 4 is 5.96 Å². The van der Waals surface area contributed by atoms with E-state index in [4.69, 9.17) is 5.73 Å². The van der Waals surface area contributed by atoms with E-state index in [1.807, 2.05) is 0 Å². The van der Waals surface area contributed by atoms with Gasteiger partial charge in [-0.2, -0.15) is 13.2 Å². The third-order valence-electron chi connectivity index (χ3n) is 4.62. The number of aliphatic imine (C=N–C) groups is 1. The number of guanidine groups is 1. The highest BCUT2D eigenvalue weighted by molar-refractivity contribution is 5.77. The van der Waals surface area contributed by atoms with Crippen LogP contribution in [-0.4, -0.2) is 35.9 Å². The summed E-state index contributed by atoms with van der Waals surface area (Å²) in [5.41, 5.74) is 4.32. The molecule has 21 heavy (non-hydrogen) atoms. The minimum absolute atomic E-state index is 0.0664. The van der Waals surface area contributed by atoms with Gasteiger partial charge in [-0.05, 0) is 44.4 Å². The maximum Gasteiger partial charge on any atom is 0.391 e. The smallest absolute Gasteiger partial charge is 0.388 e. The van der Waals surface area contributed by atoms with E-state index in [-0.39, 0.29) is 25.3 Å². The number of nitrogens with two attached hydrogens (primary N) is 1. The van der Waals surface area contributed by atoms with Gasteiger partial charge in [-0.3, -0.25) is 4.99 Å². The van der Waals surface area contributed by atoms with Crippen molar-refractivity contribution in [2.24, 2.45) is 22.6 Å². The zero-order valence-electron chi connectivity index (χ0n) is 12.1. The van der Waals surface area contributed by atoms with Crippen molar-refractivity contribution in [3.63, 3.8) is 0 Å². The first kappa shape index (κ1) is 16.4. The number of hydrogen-bond donors (Lipinski definition) is 3. The van der Waals surface area contributed by atoms with Crippen molar-refractivity contribution in [1.29, 1.82) is 0 Å². The van der Waals surface area contributed by atoms with Crippen LogP contribution >= 0.6 is 0 Å². The summed E-state index contributed by atoms with van der Waals surface area (Å²) < 4.78 is 38.3. The number of aliphatic hydroxyl groups is 1. The van der Waals surface area contributed by atoms with Crippen molar-refractivity contribution < 1.29 is 18.3 Å². The van der Waals surface area contributed by atoms with E-state index in [1.54, 1.807) is 0 Å². The van der Waals surface area contributed by atoms with E-state index in [2.05, 4.69) is 10.3 Å². The lowest BCUT2D eigenvalue weighted by Gasteiger charge is -2.36. The molecule has 0 heterocycles. The molecule has 0 aromatic rings. The SMILES string of the molecule is NC(=NCC1(O)CCCC(C(F)(F)F)C1)NCC1CCC1. The Bertz CT molecular complexity index is 382. The molecule has 2 unspecified atom stereocenters. The number of alkyl halides is 3. The topological polar surface area (TPSA) is 70.6 Å². The highest BCUT2D eigenvalue weighted by Crippen LogP contribution is 2.41. The van der Waals surface area contributed by atoms with Gasteiger partial charge in [0.15, 0.2) is 5.96 Å². The molecule has 0 radical (unpaired) electrons. The summed E-state index contributed by atoms with van der Waals surface area (Å²) in [7, 11) is 0. The Morgan fingerprint density at radius 1 is 1.29 bits per heavy atom. The summed E-state index contributed by atoms with van der Waals surface area (Å²) in [4.78, 5) is 4.03. The molecule has 0 amide bonds. The third kappa shape index (κ3) is 4.76. The van der Waals surface area contributed by atoms with Gasteiger partial charge in [0.05, 0.1) is 18.1 Å². The van der Waals surface area contributed by atoms with Crippen LogP contribution in [0.25, 0.3) is 0 Å². The standard InChI is InChI=1S/C14H24F3N3O/c15-14(16,17)11-5-2-6-13(21,7-11)9-20-12(18)19-8-10-3-1-4-10/h10-11,21H,1-9H2,(H3,18,19,20). The number of nitrogens with one attached hydrogen (secondary N) is 1. The molecule has 0 aromatic heterocycles. The zero-order chi connectivity index (χ0) is 15.5. The van der Waals surface area contributed by atoms with Crippen molar-refractivity contribution in [1.82, 2.24) is 5.32 Å². The van der Waals surface area contributed by atoms with Crippen LogP contribution in [0.1, 0.15) is 44.9 Å². The number of halogens is 3. The Labute approximate surface area is 123 Å². The summed E-state index contributed by atoms with van der Waals surface area (Å²) in [6, 6.07) is 0. The second-order valence-corrected chi connectivity index (χ2v) is 6.44. The fraction of sp³-hybridized carbons (Fsp3) is 0.929. The molecule has 0 spiro atoms. The summed E-state index contributed by atoms with van der Waals surface area (Å²) in [5, 5.41) is 13.3. The maximum absolute atomic E-state index is 12.8. The third-order valence-corrected chi connectivity index (χ3v) is 4.62. The molecule has 0 aromatic carbocycles. The van der Waals surface area contributed by atoms with Crippen LogP contribution in [0.15, 0.2) is 4.99 Å². The molecule has 122 valence electrons. The van der Waals surface area contributed by atoms with Gasteiger partial charge in [-0.15, -0.1) is 0 Å². The van der Waals surface area contributed by atoms with Crippen molar-refractivity contribution in [3.05, 3.63) is 0 Å². The first-order valence-corrected chi connectivity index (χ1v) is 7.61. The zero-order valence-corrected chi connectivity index (χ0v) is 12.1. The minimum atomic E-state index is -4.24. The second-order valence-electron chi connectivity index (χ2n) is 6.44. The fourth-order valence-corrected chi connectivity index (χ4v) is 3.00. The van der Waals surface area contributed by atoms with Crippen LogP contribution in [0, 0.1) is 11.8 Å². The summed E-state index contributed by atoms with van der Waals surface area (Å²) in [5.74, 6) is -0.605. The Morgan fingerprint density at radius 2 is 2.00 bits per heavy atom. The van der Waals surface area contributed by atoms with Gasteiger partial charge in [-0.1, -0.05) is 6.42 Å². The molecule has 2 aliphatic carbocycles. The Morgan fingerprint density at radius 3 is 2.57 bits per heavy atom. The molecule has 2 saturated carbocycles. The average Bonchev–Trinajstić information content (AvgIpc) is 2.34. The van der Waals surface area contributed by atoms with Crippen LogP contribution in [0.5, 0.6) is 0 Å². The Hall–Kier alpha value is -0.980. The molecule has 2 atom stereocenters. The molecule has 2 aliphatic rings. The van der Waals surface area contributed by atoms with Crippen LogP contribution in [0.2, 0.25) is 0 Å². The molecule has 0 aliphatic heterocycles. The second kappa shape index (κ2) is 6.42. The molecule has 4 N–H and O–H groups in total. The molecule has 2 fully saturated rings. The number of rotatable bonds is 4. The predicted molar refractivity (Wildman–Crippen MR) is 74.8 cm³/mol. The van der Waals surface area contributed by atoms with E-state index >= 15 is 0 Å². The highest BCUT2D eigenvalue weighted by Gasteiger charge is 2.46. The first-order chi connectivity index (χ1) is 9.78. The maximum atomic E-state index is 12.8. The average molecular weight is 307 g/mol. The van der Waals surface area contributed by atoms with E-state index in [9.17, 15) is 18.3 Å². The van der Waals surface area contributed by atoms with Gasteiger partial charge in [0.2, 0.25) is 0 Å². The molecule has 7 heteroatoms. The lowest BCUT2D eigenvalue weighted by atomic mass is 9.78. The Balaban J connectivity index is 1.81. The minimum Gasteiger partial charge on any atom is -0.388 e. The van der Waals surface area contributed by atoms with E-state index in [1.165, 1.54) is 19.3 Å². The molecule has 0 bridgehead atoms. The normalized spacial score (nSPS) is 31.8. The predicted octanol–water partition coefficient (Wildman–Crippen LogP) is 2.17. The molecular weight excluding hydrogens is 283 g/mol. The van der Waals surface area contributed by atoms with Gasteiger partial charge < -0.3 is 16.2 Å². The summed E-state index contributed by atoms with van der Waals surface area (Å²) in [6.07, 6.45) is -0.130. The van der Waals surface area contributed by atoms with E-state index in [0.717, 1.165) is 6.54 Å². The molecule has 4 nitrogen and oxygen atoms in total. The fourth-order valence-electron chi connectivity index (χ4n) is 3.00. The van der Waals surface area contributed by atoms with Crippen LogP contribution in [-0.2, 0) is 0 Å². The van der Waals surface area contributed by atoms with Gasteiger partial charge in [0.25, 0.3) is 0 Å². The molecular formula is C14H24F3N3O. The number of nitrogens with zero attached hydrogens (tertiary/aromatic N) is 1. The number of hydrogen-bond acceptors (Lipinski definition) is 2. The molecule has 2 rings (SSSR count). The largest absolute Gasteiger partial charge is 0.391 e. The van der Waals surface area contributed by atoms with Crippen molar-refractivity contribution in [3.8, 4) is 0 Å². The highest BCUT2D eigenvalue weighted by atomic mass is 19.4. The van der Waals surface area contributed by atoms with Crippen LogP contribution in [0.3, 0.4) is 0 Å². The summed E-state index contributed by atoms with van der Waals surface area (Å²) in [6.45, 7) is 0.683. The van der Waals surface area contributed by atoms with Crippen molar-refractivity contribution in [2.45, 2.75) is 56.7 Å². The van der Waals surface area contributed by atoms with Crippen LogP contribution < -0.4 is 11.1 Å². The first-order valence-electron chi connectivity index (χ1n) is 7.61. The van der Waals surface area contributed by atoms with Crippen LogP contribution in [0.4, 0.5) is 13.2 Å². The lowest BCUT2D eigenvalue weighted by molar-refractivity contribution is -0.199.